The molecule has 1 radical (unpaired) electrons. The van der Waals surface area contributed by atoms with E-state index in [0.29, 0.717) is 0 Å². The molecule has 0 aliphatic carbocycles. The van der Waals surface area contributed by atoms with Crippen molar-refractivity contribution in [1.82, 2.24) is 0 Å². The molecule has 6 heavy (non-hydrogen) atoms. The van der Waals surface area contributed by atoms with Gasteiger partial charge < -0.3 is 14.9 Å². The smallest absolute Gasteiger partial charge is 0 e. The maximum absolute atomic E-state index is 2.04. The summed E-state index contributed by atoms with van der Waals surface area (Å²) in [5.41, 5.74) is 0. The SMILES string of the molecule is CSC.[CH3-].[CH3-].[Y]. The maximum atomic E-state index is 2.04. The van der Waals surface area contributed by atoms with Crippen molar-refractivity contribution >= 4 is 11.8 Å². The summed E-state index contributed by atoms with van der Waals surface area (Å²) in [6.07, 6.45) is 4.08. The predicted molar refractivity (Wildman–Crippen MR) is 32.3 cm³/mol. The van der Waals surface area contributed by atoms with E-state index in [0.717, 1.165) is 0 Å². The maximum Gasteiger partial charge on any atom is 0 e. The number of hydrogen-bond acceptors (Lipinski definition) is 1. The zero-order valence-electron chi connectivity index (χ0n) is 4.99. The van der Waals surface area contributed by atoms with E-state index in [-0.39, 0.29) is 47.6 Å². The summed E-state index contributed by atoms with van der Waals surface area (Å²) in [4.78, 5) is 0. The van der Waals surface area contributed by atoms with E-state index in [4.69, 9.17) is 0 Å². The Morgan fingerprint density at radius 1 is 1.00 bits per heavy atom. The van der Waals surface area contributed by atoms with Gasteiger partial charge in [-0.05, 0) is 12.5 Å². The van der Waals surface area contributed by atoms with Crippen LogP contribution in [0.3, 0.4) is 0 Å². The normalized spacial score (nSPS) is 3.00. The Balaban J connectivity index is -0.00000000667. The van der Waals surface area contributed by atoms with Crippen LogP contribution in [-0.2, 0) is 32.7 Å². The summed E-state index contributed by atoms with van der Waals surface area (Å²) in [6, 6.07) is 0. The molecule has 0 bridgehead atoms. The van der Waals surface area contributed by atoms with Crippen molar-refractivity contribution < 1.29 is 32.7 Å². The third kappa shape index (κ3) is 51.2. The van der Waals surface area contributed by atoms with Gasteiger partial charge in [-0.1, -0.05) is 0 Å². The Kier molecular flexibility index (Phi) is 138. The van der Waals surface area contributed by atoms with Crippen molar-refractivity contribution in [2.75, 3.05) is 12.5 Å². The molecule has 0 unspecified atom stereocenters. The molecule has 0 saturated carbocycles. The number of hydrogen-bond donors (Lipinski definition) is 0. The van der Waals surface area contributed by atoms with Gasteiger partial charge in [-0.3, -0.25) is 0 Å². The van der Waals surface area contributed by atoms with E-state index < -0.39 is 0 Å². The van der Waals surface area contributed by atoms with Crippen molar-refractivity contribution in [1.29, 1.82) is 0 Å². The van der Waals surface area contributed by atoms with Gasteiger partial charge in [0.2, 0.25) is 0 Å². The topological polar surface area (TPSA) is 0 Å². The van der Waals surface area contributed by atoms with Crippen LogP contribution in [0, 0.1) is 14.9 Å². The van der Waals surface area contributed by atoms with Gasteiger partial charge in [-0.15, -0.1) is 0 Å². The van der Waals surface area contributed by atoms with E-state index in [1.165, 1.54) is 0 Å². The molecule has 0 aromatic carbocycles. The summed E-state index contributed by atoms with van der Waals surface area (Å²) in [7, 11) is 0. The predicted octanol–water partition coefficient (Wildman–Crippen LogP) is 1.88. The Morgan fingerprint density at radius 2 is 1.00 bits per heavy atom. The summed E-state index contributed by atoms with van der Waals surface area (Å²) in [6.45, 7) is 0. The van der Waals surface area contributed by atoms with Crippen LogP contribution in [0.25, 0.3) is 0 Å². The first kappa shape index (κ1) is 26.0. The van der Waals surface area contributed by atoms with E-state index in [9.17, 15) is 0 Å². The van der Waals surface area contributed by atoms with Gasteiger partial charge in [0.25, 0.3) is 0 Å². The minimum atomic E-state index is 0. The fourth-order valence-electron chi connectivity index (χ4n) is 0. The molecule has 0 saturated heterocycles. The second-order valence-electron chi connectivity index (χ2n) is 0.408. The summed E-state index contributed by atoms with van der Waals surface area (Å²) in [5, 5.41) is 0. The average molecular weight is 181 g/mol. The molecule has 0 aliphatic rings. The second-order valence-corrected chi connectivity index (χ2v) is 1.22. The van der Waals surface area contributed by atoms with Gasteiger partial charge in [0.1, 0.15) is 0 Å². The molecule has 0 N–H and O–H groups in total. The number of thioether (sulfide) groups is 1. The van der Waals surface area contributed by atoms with Gasteiger partial charge in [-0.25, -0.2) is 0 Å². The minimum Gasteiger partial charge on any atom is -0.358 e. The first-order valence-corrected chi connectivity index (χ1v) is 2.45. The molecule has 0 heterocycles. The van der Waals surface area contributed by atoms with Crippen LogP contribution in [0.1, 0.15) is 0 Å². The molecule has 0 aromatic heterocycles. The summed E-state index contributed by atoms with van der Waals surface area (Å²) in [5.74, 6) is 0. The third-order valence-corrected chi connectivity index (χ3v) is 0. The standard InChI is InChI=1S/C2H6S.2CH3.Y/c1-3-2;;;/h1-2H3;2*1H3;/q;2*-1;. The molecule has 0 amide bonds. The quantitative estimate of drug-likeness (QED) is 0.514. The van der Waals surface area contributed by atoms with Crippen molar-refractivity contribution in [3.05, 3.63) is 14.9 Å². The third-order valence-electron chi connectivity index (χ3n) is 0. The molecule has 0 atom stereocenters. The van der Waals surface area contributed by atoms with Crippen LogP contribution in [0.5, 0.6) is 0 Å². The Morgan fingerprint density at radius 3 is 1.00 bits per heavy atom. The van der Waals surface area contributed by atoms with E-state index in [1.807, 2.05) is 12.5 Å². The van der Waals surface area contributed by atoms with Crippen molar-refractivity contribution in [3.8, 4) is 0 Å². The van der Waals surface area contributed by atoms with Crippen LogP contribution >= 0.6 is 11.8 Å². The van der Waals surface area contributed by atoms with Gasteiger partial charge in [0.15, 0.2) is 0 Å². The monoisotopic (exact) mass is 181 g/mol. The fourth-order valence-corrected chi connectivity index (χ4v) is 0. The van der Waals surface area contributed by atoms with Crippen molar-refractivity contribution in [2.24, 2.45) is 0 Å². The molecule has 0 spiro atoms. The van der Waals surface area contributed by atoms with E-state index in [1.54, 1.807) is 11.8 Å². The van der Waals surface area contributed by atoms with Crippen molar-refractivity contribution in [3.63, 3.8) is 0 Å². The van der Waals surface area contributed by atoms with E-state index >= 15 is 0 Å². The van der Waals surface area contributed by atoms with Crippen LogP contribution in [0.15, 0.2) is 0 Å². The molecule has 0 aliphatic heterocycles. The molecule has 2 heteroatoms. The van der Waals surface area contributed by atoms with Gasteiger partial charge in [-0.2, -0.15) is 11.8 Å². The minimum absolute atomic E-state index is 0. The molecule has 0 aromatic rings. The van der Waals surface area contributed by atoms with Gasteiger partial charge in [0, 0.05) is 32.7 Å². The summed E-state index contributed by atoms with van der Waals surface area (Å²) >= 11 is 1.75. The van der Waals surface area contributed by atoms with Crippen LogP contribution in [-0.4, -0.2) is 12.5 Å². The Bertz CT molecular complexity index is 7.51. The van der Waals surface area contributed by atoms with E-state index in [2.05, 4.69) is 0 Å². The molecule has 39 valence electrons. The van der Waals surface area contributed by atoms with Gasteiger partial charge in [0.05, 0.1) is 0 Å². The second kappa shape index (κ2) is 31.9. The van der Waals surface area contributed by atoms with Crippen LogP contribution in [0.2, 0.25) is 0 Å². The van der Waals surface area contributed by atoms with Gasteiger partial charge >= 0.3 is 0 Å². The Labute approximate surface area is 71.4 Å². The molecular weight excluding hydrogens is 169 g/mol. The first-order valence-electron chi connectivity index (χ1n) is 0.816. The molecular formula is C4H12SY-2. The van der Waals surface area contributed by atoms with Crippen molar-refractivity contribution in [2.45, 2.75) is 0 Å². The molecule has 0 rings (SSSR count). The van der Waals surface area contributed by atoms with Crippen LogP contribution in [0.4, 0.5) is 0 Å². The molecule has 0 nitrogen and oxygen atoms in total. The zero-order valence-corrected chi connectivity index (χ0v) is 8.64. The average Bonchev–Trinajstić information content (AvgIpc) is 0.918. The Hall–Kier alpha value is 1.45. The summed E-state index contributed by atoms with van der Waals surface area (Å²) < 4.78 is 0. The molecule has 0 fully saturated rings. The zero-order chi connectivity index (χ0) is 2.71. The number of rotatable bonds is 0. The first-order chi connectivity index (χ1) is 1.41. The largest absolute Gasteiger partial charge is 0.358 e. The van der Waals surface area contributed by atoms with Crippen LogP contribution < -0.4 is 0 Å². The fraction of sp³-hybridized carbons (Fsp3) is 0.500.